The van der Waals surface area contributed by atoms with Crippen LogP contribution in [0, 0.1) is 0 Å². The van der Waals surface area contributed by atoms with Crippen molar-refractivity contribution < 1.29 is 15.0 Å². The zero-order valence-corrected chi connectivity index (χ0v) is 7.94. The molecule has 0 saturated carbocycles. The second kappa shape index (κ2) is 4.17. The quantitative estimate of drug-likeness (QED) is 0.579. The molecule has 0 aliphatic carbocycles. The van der Waals surface area contributed by atoms with Crippen molar-refractivity contribution in [2.24, 2.45) is 0 Å². The minimum atomic E-state index is -1.00. The lowest BCUT2D eigenvalue weighted by atomic mass is 9.93. The van der Waals surface area contributed by atoms with E-state index in [0.717, 1.165) is 19.3 Å². The summed E-state index contributed by atoms with van der Waals surface area (Å²) in [5.74, 6) is 0. The van der Waals surface area contributed by atoms with Gasteiger partial charge in [0.1, 0.15) is 11.9 Å². The second-order valence-corrected chi connectivity index (χ2v) is 3.83. The number of carbonyl (C=O) groups excluding carboxylic acids is 1. The normalized spacial score (nSPS) is 32.8. The molecule has 4 nitrogen and oxygen atoms in total. The Hall–Kier alpha value is -0.450. The summed E-state index contributed by atoms with van der Waals surface area (Å²) < 4.78 is 0. The Balaban J connectivity index is 2.55. The lowest BCUT2D eigenvalue weighted by Gasteiger charge is -2.39. The van der Waals surface area contributed by atoms with E-state index >= 15 is 0 Å². The average molecular weight is 187 g/mol. The fraction of sp³-hybridized carbons (Fsp3) is 0.889. The van der Waals surface area contributed by atoms with Crippen molar-refractivity contribution in [3.05, 3.63) is 0 Å². The maximum atomic E-state index is 10.5. The minimum Gasteiger partial charge on any atom is -0.393 e. The molecule has 4 heteroatoms. The van der Waals surface area contributed by atoms with Gasteiger partial charge in [-0.2, -0.15) is 0 Å². The number of β-amino-alcohol motifs (C(OH)–C–C–N with tert-alkyl or cyclic N) is 1. The van der Waals surface area contributed by atoms with E-state index in [1.165, 1.54) is 0 Å². The molecule has 1 aliphatic rings. The lowest BCUT2D eigenvalue weighted by molar-refractivity contribution is -0.116. The van der Waals surface area contributed by atoms with Gasteiger partial charge in [0.2, 0.25) is 0 Å². The fourth-order valence-corrected chi connectivity index (χ4v) is 1.71. The van der Waals surface area contributed by atoms with Crippen LogP contribution >= 0.6 is 0 Å². The molecule has 13 heavy (non-hydrogen) atoms. The highest BCUT2D eigenvalue weighted by Crippen LogP contribution is 2.21. The molecular formula is C9H17NO3. The first kappa shape index (κ1) is 10.6. The predicted molar refractivity (Wildman–Crippen MR) is 48.4 cm³/mol. The molecule has 1 heterocycles. The largest absolute Gasteiger partial charge is 0.393 e. The molecule has 0 aromatic rings. The van der Waals surface area contributed by atoms with Gasteiger partial charge in [0.15, 0.2) is 0 Å². The molecule has 1 saturated heterocycles. The van der Waals surface area contributed by atoms with Gasteiger partial charge in [-0.05, 0) is 26.3 Å². The van der Waals surface area contributed by atoms with Crippen LogP contribution in [0.3, 0.4) is 0 Å². The summed E-state index contributed by atoms with van der Waals surface area (Å²) in [6, 6.07) is -0.168. The summed E-state index contributed by atoms with van der Waals surface area (Å²) in [5.41, 5.74) is -1.00. The highest BCUT2D eigenvalue weighted by Gasteiger charge is 2.33. The molecule has 2 N–H and O–H groups in total. The number of carbonyl (C=O) groups is 1. The second-order valence-electron chi connectivity index (χ2n) is 3.83. The Kier molecular flexibility index (Phi) is 3.41. The molecule has 0 aromatic heterocycles. The van der Waals surface area contributed by atoms with Crippen LogP contribution in [0.15, 0.2) is 0 Å². The zero-order valence-electron chi connectivity index (χ0n) is 7.94. The minimum absolute atomic E-state index is 0.168. The van der Waals surface area contributed by atoms with Gasteiger partial charge in [-0.25, -0.2) is 0 Å². The smallest absolute Gasteiger partial charge is 0.136 e. The Labute approximate surface area is 78.2 Å². The SMILES string of the molecule is CC(C=O)N1CCCC(O)(CO)C1. The van der Waals surface area contributed by atoms with E-state index < -0.39 is 5.60 Å². The third-order valence-corrected chi connectivity index (χ3v) is 2.65. The summed E-state index contributed by atoms with van der Waals surface area (Å²) >= 11 is 0. The number of rotatable bonds is 3. The summed E-state index contributed by atoms with van der Waals surface area (Å²) in [6.45, 7) is 2.79. The summed E-state index contributed by atoms with van der Waals surface area (Å²) in [6.07, 6.45) is 2.31. The van der Waals surface area contributed by atoms with E-state index in [-0.39, 0.29) is 12.6 Å². The zero-order chi connectivity index (χ0) is 9.90. The van der Waals surface area contributed by atoms with Crippen molar-refractivity contribution in [1.29, 1.82) is 0 Å². The van der Waals surface area contributed by atoms with Crippen LogP contribution in [0.2, 0.25) is 0 Å². The van der Waals surface area contributed by atoms with Gasteiger partial charge in [0.25, 0.3) is 0 Å². The summed E-state index contributed by atoms with van der Waals surface area (Å²) in [7, 11) is 0. The Morgan fingerprint density at radius 3 is 2.92 bits per heavy atom. The fourth-order valence-electron chi connectivity index (χ4n) is 1.71. The van der Waals surface area contributed by atoms with Crippen LogP contribution < -0.4 is 0 Å². The Morgan fingerprint density at radius 1 is 1.69 bits per heavy atom. The molecule has 0 spiro atoms. The van der Waals surface area contributed by atoms with Gasteiger partial charge in [0.05, 0.1) is 12.6 Å². The lowest BCUT2D eigenvalue weighted by Crippen LogP contribution is -2.53. The number of aliphatic hydroxyl groups excluding tert-OH is 1. The van der Waals surface area contributed by atoms with Crippen LogP contribution in [-0.2, 0) is 4.79 Å². The molecule has 0 amide bonds. The molecule has 0 bridgehead atoms. The van der Waals surface area contributed by atoms with Gasteiger partial charge in [-0.1, -0.05) is 0 Å². The number of aldehydes is 1. The molecule has 1 rings (SSSR count). The first-order valence-electron chi connectivity index (χ1n) is 4.64. The summed E-state index contributed by atoms with van der Waals surface area (Å²) in [4.78, 5) is 12.4. The van der Waals surface area contributed by atoms with Crippen LogP contribution in [0.1, 0.15) is 19.8 Å². The van der Waals surface area contributed by atoms with Crippen LogP contribution in [0.4, 0.5) is 0 Å². The summed E-state index contributed by atoms with van der Waals surface area (Å²) in [5, 5.41) is 18.7. The maximum Gasteiger partial charge on any atom is 0.136 e. The van der Waals surface area contributed by atoms with E-state index in [2.05, 4.69) is 0 Å². The Bertz CT molecular complexity index is 186. The monoisotopic (exact) mass is 187 g/mol. The van der Waals surface area contributed by atoms with Crippen LogP contribution in [-0.4, -0.2) is 52.7 Å². The van der Waals surface area contributed by atoms with Crippen molar-refractivity contribution in [2.75, 3.05) is 19.7 Å². The molecular weight excluding hydrogens is 170 g/mol. The maximum absolute atomic E-state index is 10.5. The van der Waals surface area contributed by atoms with E-state index in [1.54, 1.807) is 6.92 Å². The van der Waals surface area contributed by atoms with Gasteiger partial charge in [0, 0.05) is 6.54 Å². The highest BCUT2D eigenvalue weighted by molar-refractivity contribution is 5.56. The molecule has 2 unspecified atom stereocenters. The van der Waals surface area contributed by atoms with E-state index in [0.29, 0.717) is 13.0 Å². The van der Waals surface area contributed by atoms with Crippen LogP contribution in [0.5, 0.6) is 0 Å². The van der Waals surface area contributed by atoms with Crippen molar-refractivity contribution in [2.45, 2.75) is 31.4 Å². The standard InChI is InChI=1S/C9H17NO3/c1-8(5-11)10-4-2-3-9(13,6-10)7-12/h5,8,12-13H,2-4,6-7H2,1H3. The van der Waals surface area contributed by atoms with Crippen molar-refractivity contribution >= 4 is 6.29 Å². The third-order valence-electron chi connectivity index (χ3n) is 2.65. The first-order chi connectivity index (χ1) is 6.11. The first-order valence-corrected chi connectivity index (χ1v) is 4.64. The number of nitrogens with zero attached hydrogens (tertiary/aromatic N) is 1. The Morgan fingerprint density at radius 2 is 2.38 bits per heavy atom. The van der Waals surface area contributed by atoms with Gasteiger partial charge in [-0.3, -0.25) is 4.90 Å². The molecule has 1 fully saturated rings. The van der Waals surface area contributed by atoms with E-state index in [9.17, 15) is 9.90 Å². The van der Waals surface area contributed by atoms with Crippen LogP contribution in [0.25, 0.3) is 0 Å². The molecule has 0 aromatic carbocycles. The highest BCUT2D eigenvalue weighted by atomic mass is 16.3. The number of aliphatic hydroxyl groups is 2. The van der Waals surface area contributed by atoms with Crippen molar-refractivity contribution in [3.8, 4) is 0 Å². The van der Waals surface area contributed by atoms with Gasteiger partial charge >= 0.3 is 0 Å². The number of piperidine rings is 1. The molecule has 76 valence electrons. The molecule has 2 atom stereocenters. The third kappa shape index (κ3) is 2.49. The van der Waals surface area contributed by atoms with E-state index in [1.807, 2.05) is 4.90 Å². The topological polar surface area (TPSA) is 60.8 Å². The van der Waals surface area contributed by atoms with Gasteiger partial charge < -0.3 is 15.0 Å². The molecule has 1 aliphatic heterocycles. The van der Waals surface area contributed by atoms with Crippen molar-refractivity contribution in [3.63, 3.8) is 0 Å². The number of likely N-dealkylation sites (tertiary alicyclic amines) is 1. The predicted octanol–water partition coefficient (Wildman–Crippen LogP) is -0.607. The van der Waals surface area contributed by atoms with Crippen molar-refractivity contribution in [1.82, 2.24) is 4.90 Å². The average Bonchev–Trinajstić information content (AvgIpc) is 2.17. The number of hydrogen-bond donors (Lipinski definition) is 2. The number of hydrogen-bond acceptors (Lipinski definition) is 4. The van der Waals surface area contributed by atoms with Gasteiger partial charge in [-0.15, -0.1) is 0 Å². The van der Waals surface area contributed by atoms with E-state index in [4.69, 9.17) is 5.11 Å². The molecule has 0 radical (unpaired) electrons.